The minimum atomic E-state index is -0.0748. The van der Waals surface area contributed by atoms with Gasteiger partial charge < -0.3 is 4.57 Å². The van der Waals surface area contributed by atoms with E-state index < -0.39 is 0 Å². The van der Waals surface area contributed by atoms with Gasteiger partial charge in [-0.2, -0.15) is 5.10 Å². The molecule has 3 heterocycles. The van der Waals surface area contributed by atoms with Gasteiger partial charge in [-0.1, -0.05) is 12.1 Å². The summed E-state index contributed by atoms with van der Waals surface area (Å²) in [5, 5.41) is 4.08. The molecule has 0 spiro atoms. The van der Waals surface area contributed by atoms with Crippen molar-refractivity contribution in [3.8, 4) is 11.5 Å². The number of fused-ring (bicyclic) bond motifs is 3. The molecule has 0 saturated heterocycles. The van der Waals surface area contributed by atoms with Crippen molar-refractivity contribution in [2.45, 2.75) is 19.9 Å². The van der Waals surface area contributed by atoms with Crippen LogP contribution >= 0.6 is 0 Å². The van der Waals surface area contributed by atoms with E-state index in [1.165, 1.54) is 6.33 Å². The lowest BCUT2D eigenvalue weighted by Gasteiger charge is -2.15. The van der Waals surface area contributed by atoms with Crippen LogP contribution in [0.3, 0.4) is 0 Å². The maximum absolute atomic E-state index is 13.1. The molecule has 7 heteroatoms. The SMILES string of the molecule is CC(C)n1c(=O)c2c(-c3ncnn3C)ncn2c2ccccc21. The third-order valence-corrected chi connectivity index (χ3v) is 4.03. The highest BCUT2D eigenvalue weighted by Gasteiger charge is 2.20. The standard InChI is InChI=1S/C16H16N6O/c1-10(2)22-12-7-5-4-6-11(12)21-9-18-13(14(21)16(22)23)15-17-8-19-20(15)3/h4-10H,1-3H3. The van der Waals surface area contributed by atoms with E-state index in [0.29, 0.717) is 17.0 Å². The van der Waals surface area contributed by atoms with E-state index in [2.05, 4.69) is 15.1 Å². The molecule has 0 radical (unpaired) electrons. The lowest BCUT2D eigenvalue weighted by molar-refractivity contribution is 0.601. The van der Waals surface area contributed by atoms with Crippen molar-refractivity contribution in [3.63, 3.8) is 0 Å². The molecule has 0 aliphatic carbocycles. The van der Waals surface area contributed by atoms with Crippen LogP contribution in [0.2, 0.25) is 0 Å². The van der Waals surface area contributed by atoms with Crippen molar-refractivity contribution >= 4 is 16.6 Å². The summed E-state index contributed by atoms with van der Waals surface area (Å²) in [7, 11) is 1.79. The molecule has 0 amide bonds. The molecule has 0 aliphatic rings. The third kappa shape index (κ3) is 1.82. The summed E-state index contributed by atoms with van der Waals surface area (Å²) >= 11 is 0. The Morgan fingerprint density at radius 2 is 1.83 bits per heavy atom. The number of benzene rings is 1. The first-order chi connectivity index (χ1) is 11.1. The van der Waals surface area contributed by atoms with Gasteiger partial charge in [-0.05, 0) is 26.0 Å². The highest BCUT2D eigenvalue weighted by Crippen LogP contribution is 2.23. The molecule has 23 heavy (non-hydrogen) atoms. The first-order valence-corrected chi connectivity index (χ1v) is 7.44. The van der Waals surface area contributed by atoms with Crippen molar-refractivity contribution in [2.75, 3.05) is 0 Å². The number of aromatic nitrogens is 6. The van der Waals surface area contributed by atoms with E-state index in [4.69, 9.17) is 0 Å². The van der Waals surface area contributed by atoms with Crippen LogP contribution in [-0.4, -0.2) is 28.7 Å². The topological polar surface area (TPSA) is 70.0 Å². The lowest BCUT2D eigenvalue weighted by Crippen LogP contribution is -2.24. The van der Waals surface area contributed by atoms with E-state index in [9.17, 15) is 4.79 Å². The highest BCUT2D eigenvalue weighted by atomic mass is 16.1. The second kappa shape index (κ2) is 4.77. The lowest BCUT2D eigenvalue weighted by atomic mass is 10.2. The van der Waals surface area contributed by atoms with E-state index in [-0.39, 0.29) is 11.6 Å². The Morgan fingerprint density at radius 1 is 1.09 bits per heavy atom. The van der Waals surface area contributed by atoms with Gasteiger partial charge in [0.1, 0.15) is 23.9 Å². The molecule has 0 atom stereocenters. The predicted octanol–water partition coefficient (Wildman–Crippen LogP) is 2.03. The summed E-state index contributed by atoms with van der Waals surface area (Å²) in [5.74, 6) is 0.579. The number of hydrogen-bond acceptors (Lipinski definition) is 4. The van der Waals surface area contributed by atoms with Gasteiger partial charge in [-0.25, -0.2) is 14.6 Å². The molecular formula is C16H16N6O. The van der Waals surface area contributed by atoms with Gasteiger partial charge in [-0.15, -0.1) is 0 Å². The van der Waals surface area contributed by atoms with E-state index in [1.807, 2.05) is 42.5 Å². The molecule has 0 aliphatic heterocycles. The second-order valence-corrected chi connectivity index (χ2v) is 5.78. The predicted molar refractivity (Wildman–Crippen MR) is 87.3 cm³/mol. The molecule has 116 valence electrons. The third-order valence-electron chi connectivity index (χ3n) is 4.03. The molecule has 3 aromatic heterocycles. The zero-order chi connectivity index (χ0) is 16.1. The maximum Gasteiger partial charge on any atom is 0.278 e. The van der Waals surface area contributed by atoms with Crippen molar-refractivity contribution in [2.24, 2.45) is 7.05 Å². The Kier molecular flexibility index (Phi) is 2.84. The summed E-state index contributed by atoms with van der Waals surface area (Å²) in [5.41, 5.74) is 2.83. The first-order valence-electron chi connectivity index (χ1n) is 7.44. The fourth-order valence-electron chi connectivity index (χ4n) is 3.02. The van der Waals surface area contributed by atoms with Crippen molar-refractivity contribution in [3.05, 3.63) is 47.3 Å². The molecular weight excluding hydrogens is 292 g/mol. The first kappa shape index (κ1) is 13.7. The Balaban J connectivity index is 2.23. The Bertz CT molecular complexity index is 1090. The summed E-state index contributed by atoms with van der Waals surface area (Å²) in [6.07, 6.45) is 3.14. The number of nitrogens with zero attached hydrogens (tertiary/aromatic N) is 6. The van der Waals surface area contributed by atoms with Crippen LogP contribution in [0, 0.1) is 0 Å². The Hall–Kier alpha value is -2.96. The summed E-state index contributed by atoms with van der Waals surface area (Å²) in [4.78, 5) is 21.8. The van der Waals surface area contributed by atoms with Gasteiger partial charge in [0.2, 0.25) is 0 Å². The molecule has 0 unspecified atom stereocenters. The number of aryl methyl sites for hydroxylation is 1. The maximum atomic E-state index is 13.1. The average molecular weight is 308 g/mol. The van der Waals surface area contributed by atoms with Gasteiger partial charge in [0, 0.05) is 13.1 Å². The van der Waals surface area contributed by atoms with Crippen LogP contribution in [0.4, 0.5) is 0 Å². The quantitative estimate of drug-likeness (QED) is 0.568. The normalized spacial score (nSPS) is 11.8. The van der Waals surface area contributed by atoms with Crippen molar-refractivity contribution in [1.29, 1.82) is 0 Å². The van der Waals surface area contributed by atoms with Crippen molar-refractivity contribution < 1.29 is 0 Å². The smallest absolute Gasteiger partial charge is 0.278 e. The molecule has 0 saturated carbocycles. The van der Waals surface area contributed by atoms with Crippen LogP contribution in [0.5, 0.6) is 0 Å². The average Bonchev–Trinajstić information content (AvgIpc) is 3.13. The second-order valence-electron chi connectivity index (χ2n) is 5.78. The molecule has 1 aromatic carbocycles. The molecule has 0 N–H and O–H groups in total. The Labute approximate surface area is 131 Å². The fourth-order valence-corrected chi connectivity index (χ4v) is 3.02. The zero-order valence-corrected chi connectivity index (χ0v) is 13.1. The minimum absolute atomic E-state index is 0.0413. The van der Waals surface area contributed by atoms with Gasteiger partial charge in [0.15, 0.2) is 5.82 Å². The van der Waals surface area contributed by atoms with E-state index in [1.54, 1.807) is 22.6 Å². The summed E-state index contributed by atoms with van der Waals surface area (Å²) in [6.45, 7) is 4.01. The highest BCUT2D eigenvalue weighted by molar-refractivity contribution is 5.83. The van der Waals surface area contributed by atoms with Gasteiger partial charge in [0.25, 0.3) is 5.56 Å². The van der Waals surface area contributed by atoms with Gasteiger partial charge >= 0.3 is 0 Å². The number of rotatable bonds is 2. The molecule has 0 bridgehead atoms. The van der Waals surface area contributed by atoms with E-state index in [0.717, 1.165) is 11.0 Å². The van der Waals surface area contributed by atoms with E-state index >= 15 is 0 Å². The Morgan fingerprint density at radius 3 is 2.48 bits per heavy atom. The molecule has 7 nitrogen and oxygen atoms in total. The fraction of sp³-hybridized carbons (Fsp3) is 0.250. The molecule has 4 aromatic rings. The molecule has 0 fully saturated rings. The number of hydrogen-bond donors (Lipinski definition) is 0. The van der Waals surface area contributed by atoms with Crippen LogP contribution < -0.4 is 5.56 Å². The monoisotopic (exact) mass is 308 g/mol. The van der Waals surface area contributed by atoms with Crippen LogP contribution in [-0.2, 0) is 7.05 Å². The molecule has 4 rings (SSSR count). The number of para-hydroxylation sites is 2. The minimum Gasteiger partial charge on any atom is -0.302 e. The van der Waals surface area contributed by atoms with Crippen LogP contribution in [0.1, 0.15) is 19.9 Å². The largest absolute Gasteiger partial charge is 0.302 e. The summed E-state index contributed by atoms with van der Waals surface area (Å²) < 4.78 is 5.25. The number of imidazole rings is 1. The van der Waals surface area contributed by atoms with Crippen LogP contribution in [0.25, 0.3) is 28.1 Å². The zero-order valence-electron chi connectivity index (χ0n) is 13.1. The van der Waals surface area contributed by atoms with Gasteiger partial charge in [-0.3, -0.25) is 9.20 Å². The van der Waals surface area contributed by atoms with Crippen LogP contribution in [0.15, 0.2) is 41.7 Å². The van der Waals surface area contributed by atoms with Crippen molar-refractivity contribution in [1.82, 2.24) is 28.7 Å². The van der Waals surface area contributed by atoms with Gasteiger partial charge in [0.05, 0.1) is 11.0 Å². The summed E-state index contributed by atoms with van der Waals surface area (Å²) in [6, 6.07) is 7.88.